The SMILES string of the molecule is CC(C)[C@H]1CCCNCC1. The van der Waals surface area contributed by atoms with Crippen LogP contribution in [0.3, 0.4) is 0 Å². The Morgan fingerprint density at radius 3 is 2.70 bits per heavy atom. The van der Waals surface area contributed by atoms with Gasteiger partial charge in [-0.25, -0.2) is 0 Å². The molecule has 1 nitrogen and oxygen atoms in total. The molecule has 0 aromatic rings. The zero-order valence-corrected chi connectivity index (χ0v) is 7.19. The fraction of sp³-hybridized carbons (Fsp3) is 1.00. The summed E-state index contributed by atoms with van der Waals surface area (Å²) in [5, 5.41) is 3.43. The largest absolute Gasteiger partial charge is 0.317 e. The van der Waals surface area contributed by atoms with E-state index in [9.17, 15) is 0 Å². The van der Waals surface area contributed by atoms with Crippen molar-refractivity contribution in [3.63, 3.8) is 0 Å². The van der Waals surface area contributed by atoms with Gasteiger partial charge >= 0.3 is 0 Å². The van der Waals surface area contributed by atoms with Crippen molar-refractivity contribution in [2.24, 2.45) is 11.8 Å². The van der Waals surface area contributed by atoms with Crippen molar-refractivity contribution in [2.45, 2.75) is 33.1 Å². The van der Waals surface area contributed by atoms with Crippen LogP contribution in [-0.4, -0.2) is 13.1 Å². The Bertz CT molecular complexity index is 80.7. The molecule has 0 saturated carbocycles. The van der Waals surface area contributed by atoms with Crippen LogP contribution in [0.25, 0.3) is 0 Å². The lowest BCUT2D eigenvalue weighted by Crippen LogP contribution is -2.15. The third-order valence-corrected chi connectivity index (χ3v) is 2.56. The Morgan fingerprint density at radius 2 is 2.00 bits per heavy atom. The maximum Gasteiger partial charge on any atom is -0.00462 e. The van der Waals surface area contributed by atoms with Gasteiger partial charge in [0.15, 0.2) is 0 Å². The maximum absolute atomic E-state index is 3.43. The summed E-state index contributed by atoms with van der Waals surface area (Å²) in [5.74, 6) is 1.87. The van der Waals surface area contributed by atoms with Gasteiger partial charge in [-0.05, 0) is 44.2 Å². The first kappa shape index (κ1) is 8.06. The topological polar surface area (TPSA) is 12.0 Å². The monoisotopic (exact) mass is 141 g/mol. The Labute approximate surface area is 64.2 Å². The molecule has 0 aromatic heterocycles. The lowest BCUT2D eigenvalue weighted by Gasteiger charge is -2.16. The highest BCUT2D eigenvalue weighted by molar-refractivity contribution is 4.68. The molecule has 10 heavy (non-hydrogen) atoms. The van der Waals surface area contributed by atoms with E-state index in [2.05, 4.69) is 19.2 Å². The summed E-state index contributed by atoms with van der Waals surface area (Å²) in [6, 6.07) is 0. The van der Waals surface area contributed by atoms with Gasteiger partial charge in [-0.2, -0.15) is 0 Å². The molecule has 1 N–H and O–H groups in total. The van der Waals surface area contributed by atoms with Gasteiger partial charge in [0.25, 0.3) is 0 Å². The zero-order chi connectivity index (χ0) is 7.40. The van der Waals surface area contributed by atoms with Gasteiger partial charge in [0.2, 0.25) is 0 Å². The van der Waals surface area contributed by atoms with Crippen molar-refractivity contribution >= 4 is 0 Å². The Balaban J connectivity index is 2.28. The second-order valence-electron chi connectivity index (χ2n) is 3.69. The molecule has 1 heterocycles. The molecule has 0 bridgehead atoms. The smallest absolute Gasteiger partial charge is 0.00462 e. The number of rotatable bonds is 1. The first-order valence-corrected chi connectivity index (χ1v) is 4.51. The molecule has 0 spiro atoms. The van der Waals surface area contributed by atoms with E-state index in [0.717, 1.165) is 11.8 Å². The normalized spacial score (nSPS) is 28.5. The summed E-state index contributed by atoms with van der Waals surface area (Å²) >= 11 is 0. The number of hydrogen-bond acceptors (Lipinski definition) is 1. The van der Waals surface area contributed by atoms with E-state index in [4.69, 9.17) is 0 Å². The van der Waals surface area contributed by atoms with Crippen molar-refractivity contribution in [1.29, 1.82) is 0 Å². The van der Waals surface area contributed by atoms with Crippen molar-refractivity contribution in [1.82, 2.24) is 5.32 Å². The molecule has 1 atom stereocenters. The van der Waals surface area contributed by atoms with Crippen LogP contribution in [0.5, 0.6) is 0 Å². The molecule has 1 aliphatic heterocycles. The molecular formula is C9H19N. The molecule has 1 saturated heterocycles. The van der Waals surface area contributed by atoms with Crippen molar-refractivity contribution in [3.8, 4) is 0 Å². The van der Waals surface area contributed by atoms with E-state index in [1.54, 1.807) is 0 Å². The molecule has 0 unspecified atom stereocenters. The molecule has 0 aromatic carbocycles. The molecule has 1 heteroatoms. The predicted octanol–water partition coefficient (Wildman–Crippen LogP) is 2.03. The van der Waals surface area contributed by atoms with E-state index in [1.165, 1.54) is 32.4 Å². The average molecular weight is 141 g/mol. The number of nitrogens with one attached hydrogen (secondary N) is 1. The summed E-state index contributed by atoms with van der Waals surface area (Å²) < 4.78 is 0. The quantitative estimate of drug-likeness (QED) is 0.589. The first-order valence-electron chi connectivity index (χ1n) is 4.51. The van der Waals surface area contributed by atoms with E-state index >= 15 is 0 Å². The highest BCUT2D eigenvalue weighted by Gasteiger charge is 2.14. The summed E-state index contributed by atoms with van der Waals surface area (Å²) in [6.07, 6.45) is 4.20. The van der Waals surface area contributed by atoms with Crippen LogP contribution < -0.4 is 5.32 Å². The van der Waals surface area contributed by atoms with Gasteiger partial charge in [-0.3, -0.25) is 0 Å². The zero-order valence-electron chi connectivity index (χ0n) is 7.19. The van der Waals surface area contributed by atoms with Crippen LogP contribution >= 0.6 is 0 Å². The van der Waals surface area contributed by atoms with Crippen LogP contribution in [0, 0.1) is 11.8 Å². The van der Waals surface area contributed by atoms with Crippen molar-refractivity contribution in [2.75, 3.05) is 13.1 Å². The van der Waals surface area contributed by atoms with Gasteiger partial charge in [-0.15, -0.1) is 0 Å². The summed E-state index contributed by atoms with van der Waals surface area (Å²) in [7, 11) is 0. The van der Waals surface area contributed by atoms with Crippen molar-refractivity contribution in [3.05, 3.63) is 0 Å². The molecule has 1 rings (SSSR count). The predicted molar refractivity (Wildman–Crippen MR) is 45.0 cm³/mol. The van der Waals surface area contributed by atoms with Crippen LogP contribution in [-0.2, 0) is 0 Å². The minimum absolute atomic E-state index is 0.889. The fourth-order valence-corrected chi connectivity index (χ4v) is 1.71. The van der Waals surface area contributed by atoms with Crippen LogP contribution in [0.1, 0.15) is 33.1 Å². The van der Waals surface area contributed by atoms with Gasteiger partial charge in [-0.1, -0.05) is 13.8 Å². The second kappa shape index (κ2) is 3.97. The van der Waals surface area contributed by atoms with Crippen LogP contribution in [0.4, 0.5) is 0 Å². The Kier molecular flexibility index (Phi) is 3.20. The van der Waals surface area contributed by atoms with Crippen LogP contribution in [0.15, 0.2) is 0 Å². The lowest BCUT2D eigenvalue weighted by atomic mass is 9.89. The van der Waals surface area contributed by atoms with E-state index in [0.29, 0.717) is 0 Å². The molecular weight excluding hydrogens is 122 g/mol. The summed E-state index contributed by atoms with van der Waals surface area (Å²) in [6.45, 7) is 7.16. The average Bonchev–Trinajstić information content (AvgIpc) is 2.12. The molecule has 1 aliphatic rings. The minimum atomic E-state index is 0.889. The molecule has 60 valence electrons. The molecule has 0 amide bonds. The molecule has 0 radical (unpaired) electrons. The maximum atomic E-state index is 3.43. The third-order valence-electron chi connectivity index (χ3n) is 2.56. The lowest BCUT2D eigenvalue weighted by molar-refractivity contribution is 0.350. The van der Waals surface area contributed by atoms with Gasteiger partial charge in [0, 0.05) is 0 Å². The van der Waals surface area contributed by atoms with Crippen molar-refractivity contribution < 1.29 is 0 Å². The fourth-order valence-electron chi connectivity index (χ4n) is 1.71. The minimum Gasteiger partial charge on any atom is -0.317 e. The highest BCUT2D eigenvalue weighted by Crippen LogP contribution is 2.21. The van der Waals surface area contributed by atoms with Crippen LogP contribution in [0.2, 0.25) is 0 Å². The summed E-state index contributed by atoms with van der Waals surface area (Å²) in [5.41, 5.74) is 0. The summed E-state index contributed by atoms with van der Waals surface area (Å²) in [4.78, 5) is 0. The van der Waals surface area contributed by atoms with E-state index in [1.807, 2.05) is 0 Å². The third kappa shape index (κ3) is 2.30. The Morgan fingerprint density at radius 1 is 1.20 bits per heavy atom. The number of hydrogen-bond donors (Lipinski definition) is 1. The first-order chi connectivity index (χ1) is 4.80. The van der Waals surface area contributed by atoms with Gasteiger partial charge in [0.1, 0.15) is 0 Å². The molecule has 1 fully saturated rings. The van der Waals surface area contributed by atoms with E-state index in [-0.39, 0.29) is 0 Å². The highest BCUT2D eigenvalue weighted by atomic mass is 14.8. The standard InChI is InChI=1S/C9H19N/c1-8(2)9-4-3-6-10-7-5-9/h8-10H,3-7H2,1-2H3/t9-/m0/s1. The van der Waals surface area contributed by atoms with Gasteiger partial charge in [0.05, 0.1) is 0 Å². The van der Waals surface area contributed by atoms with E-state index < -0.39 is 0 Å². The Hall–Kier alpha value is -0.0400. The van der Waals surface area contributed by atoms with Gasteiger partial charge < -0.3 is 5.32 Å². The molecule has 0 aliphatic carbocycles. The second-order valence-corrected chi connectivity index (χ2v) is 3.69.